The van der Waals surface area contributed by atoms with Crippen molar-refractivity contribution in [3.63, 3.8) is 0 Å². The van der Waals surface area contributed by atoms with Crippen molar-refractivity contribution in [1.82, 2.24) is 14.3 Å². The van der Waals surface area contributed by atoms with Gasteiger partial charge in [0.25, 0.3) is 5.91 Å². The number of rotatable bonds is 4. The Morgan fingerprint density at radius 1 is 1.14 bits per heavy atom. The van der Waals surface area contributed by atoms with E-state index >= 15 is 0 Å². The summed E-state index contributed by atoms with van der Waals surface area (Å²) in [6, 6.07) is 2.91. The molecular weight excluding hydrogens is 403 g/mol. The highest BCUT2D eigenvalue weighted by molar-refractivity contribution is 7.06. The number of hydrogen-bond donors (Lipinski definition) is 1. The van der Waals surface area contributed by atoms with Crippen molar-refractivity contribution in [2.45, 2.75) is 19.5 Å². The zero-order valence-corrected chi connectivity index (χ0v) is 15.0. The molecule has 146 valence electrons. The largest absolute Gasteiger partial charge is 0.434 e. The first-order valence-corrected chi connectivity index (χ1v) is 8.52. The maximum absolute atomic E-state index is 13.3. The van der Waals surface area contributed by atoms with Crippen molar-refractivity contribution < 1.29 is 26.7 Å². The Balaban J connectivity index is 1.81. The predicted molar refractivity (Wildman–Crippen MR) is 91.0 cm³/mol. The lowest BCUT2D eigenvalue weighted by Crippen LogP contribution is -2.15. The van der Waals surface area contributed by atoms with Crippen LogP contribution in [0.15, 0.2) is 30.6 Å². The summed E-state index contributed by atoms with van der Waals surface area (Å²) < 4.78 is 68.1. The number of hydrogen-bond acceptors (Lipinski definition) is 5. The smallest absolute Gasteiger partial charge is 0.322 e. The van der Waals surface area contributed by atoms with Gasteiger partial charge < -0.3 is 5.32 Å². The standard InChI is InChI=1S/C17H11F5N4OS/c1-8-15(16(27)25-9-2-3-11(18)12(19)4-9)13(28-26-8)5-10-6-24-14(7-23-10)17(20,21)22/h2-4,6-7H,5H2,1H3,(H,25,27). The Labute approximate surface area is 159 Å². The zero-order valence-electron chi connectivity index (χ0n) is 14.1. The quantitative estimate of drug-likeness (QED) is 0.644. The van der Waals surface area contributed by atoms with Crippen LogP contribution in [0, 0.1) is 18.6 Å². The minimum atomic E-state index is -4.60. The van der Waals surface area contributed by atoms with Crippen LogP contribution in [0.1, 0.15) is 32.3 Å². The molecule has 2 heterocycles. The SMILES string of the molecule is Cc1nsc(Cc2cnc(C(F)(F)F)cn2)c1C(=O)Nc1ccc(F)c(F)c1. The fourth-order valence-electron chi connectivity index (χ4n) is 2.35. The molecular formula is C17H11F5N4OS. The van der Waals surface area contributed by atoms with Crippen molar-refractivity contribution in [2.75, 3.05) is 5.32 Å². The number of aryl methyl sites for hydroxylation is 1. The van der Waals surface area contributed by atoms with Gasteiger partial charge in [-0.25, -0.2) is 13.8 Å². The number of amides is 1. The van der Waals surface area contributed by atoms with Gasteiger partial charge in [0.05, 0.1) is 23.1 Å². The summed E-state index contributed by atoms with van der Waals surface area (Å²) >= 11 is 0.990. The minimum Gasteiger partial charge on any atom is -0.322 e. The molecule has 11 heteroatoms. The molecule has 3 aromatic rings. The molecule has 2 aromatic heterocycles. The molecule has 5 nitrogen and oxygen atoms in total. The Kier molecular flexibility index (Phi) is 5.36. The van der Waals surface area contributed by atoms with E-state index in [0.29, 0.717) is 16.8 Å². The molecule has 1 aromatic carbocycles. The van der Waals surface area contributed by atoms with Gasteiger partial charge in [0.1, 0.15) is 0 Å². The van der Waals surface area contributed by atoms with Gasteiger partial charge in [-0.1, -0.05) is 0 Å². The molecule has 0 saturated heterocycles. The molecule has 0 aliphatic rings. The number of aromatic nitrogens is 3. The molecule has 0 fully saturated rings. The molecule has 0 aliphatic carbocycles. The van der Waals surface area contributed by atoms with E-state index in [1.54, 1.807) is 6.92 Å². The van der Waals surface area contributed by atoms with E-state index in [2.05, 4.69) is 19.7 Å². The number of carbonyl (C=O) groups is 1. The summed E-state index contributed by atoms with van der Waals surface area (Å²) in [4.78, 5) is 20.1. The van der Waals surface area contributed by atoms with Gasteiger partial charge in [-0.15, -0.1) is 0 Å². The van der Waals surface area contributed by atoms with E-state index in [4.69, 9.17) is 0 Å². The predicted octanol–water partition coefficient (Wildman–Crippen LogP) is 4.38. The molecule has 0 spiro atoms. The number of carbonyl (C=O) groups excluding carboxylic acids is 1. The van der Waals surface area contributed by atoms with Gasteiger partial charge in [-0.2, -0.15) is 17.5 Å². The maximum Gasteiger partial charge on any atom is 0.434 e. The van der Waals surface area contributed by atoms with Crippen molar-refractivity contribution in [3.8, 4) is 0 Å². The summed E-state index contributed by atoms with van der Waals surface area (Å²) in [5, 5.41) is 2.44. The fraction of sp³-hybridized carbons (Fsp3) is 0.176. The Morgan fingerprint density at radius 3 is 2.50 bits per heavy atom. The number of nitrogens with one attached hydrogen (secondary N) is 1. The van der Waals surface area contributed by atoms with Crippen LogP contribution in [0.2, 0.25) is 0 Å². The van der Waals surface area contributed by atoms with Crippen LogP contribution in [0.4, 0.5) is 27.6 Å². The first-order valence-electron chi connectivity index (χ1n) is 7.75. The van der Waals surface area contributed by atoms with Gasteiger partial charge in [0.15, 0.2) is 17.3 Å². The maximum atomic E-state index is 13.3. The number of nitrogens with zero attached hydrogens (tertiary/aromatic N) is 3. The Bertz CT molecular complexity index is 1020. The highest BCUT2D eigenvalue weighted by Gasteiger charge is 2.32. The highest BCUT2D eigenvalue weighted by Crippen LogP contribution is 2.27. The number of anilines is 1. The molecule has 0 aliphatic heterocycles. The van der Waals surface area contributed by atoms with Crippen LogP contribution in [0.3, 0.4) is 0 Å². The van der Waals surface area contributed by atoms with Crippen LogP contribution in [0.25, 0.3) is 0 Å². The van der Waals surface area contributed by atoms with E-state index in [1.807, 2.05) is 0 Å². The third kappa shape index (κ3) is 4.30. The second kappa shape index (κ2) is 7.58. The summed E-state index contributed by atoms with van der Waals surface area (Å²) in [5.74, 6) is -2.77. The molecule has 0 radical (unpaired) electrons. The third-order valence-corrected chi connectivity index (χ3v) is 4.61. The van der Waals surface area contributed by atoms with Crippen LogP contribution >= 0.6 is 11.5 Å². The van der Waals surface area contributed by atoms with Crippen molar-refractivity contribution in [2.24, 2.45) is 0 Å². The number of benzene rings is 1. The van der Waals surface area contributed by atoms with E-state index in [1.165, 1.54) is 6.07 Å². The zero-order chi connectivity index (χ0) is 20.5. The Hall–Kier alpha value is -2.95. The highest BCUT2D eigenvalue weighted by atomic mass is 32.1. The van der Waals surface area contributed by atoms with Gasteiger partial charge in [0, 0.05) is 29.2 Å². The average Bonchev–Trinajstić information content (AvgIpc) is 2.98. The second-order valence-corrected chi connectivity index (χ2v) is 6.57. The van der Waals surface area contributed by atoms with E-state index in [-0.39, 0.29) is 23.4 Å². The lowest BCUT2D eigenvalue weighted by molar-refractivity contribution is -0.141. The fourth-order valence-corrected chi connectivity index (χ4v) is 3.24. The average molecular weight is 414 g/mol. The van der Waals surface area contributed by atoms with Crippen molar-refractivity contribution in [1.29, 1.82) is 0 Å². The molecule has 1 amide bonds. The summed E-state index contributed by atoms with van der Waals surface area (Å²) in [5.41, 5.74) is -0.266. The summed E-state index contributed by atoms with van der Waals surface area (Å²) in [6.07, 6.45) is -2.96. The molecule has 0 saturated carbocycles. The van der Waals surface area contributed by atoms with Crippen LogP contribution < -0.4 is 5.32 Å². The molecule has 0 unspecified atom stereocenters. The monoisotopic (exact) mass is 414 g/mol. The third-order valence-electron chi connectivity index (χ3n) is 3.68. The lowest BCUT2D eigenvalue weighted by Gasteiger charge is -2.08. The lowest BCUT2D eigenvalue weighted by atomic mass is 10.1. The van der Waals surface area contributed by atoms with Gasteiger partial charge in [-0.3, -0.25) is 9.78 Å². The van der Waals surface area contributed by atoms with E-state index in [0.717, 1.165) is 29.9 Å². The molecule has 0 bridgehead atoms. The Morgan fingerprint density at radius 2 is 1.89 bits per heavy atom. The van der Waals surface area contributed by atoms with Gasteiger partial charge >= 0.3 is 6.18 Å². The molecule has 1 N–H and O–H groups in total. The topological polar surface area (TPSA) is 67.8 Å². The first kappa shape index (κ1) is 19.8. The number of halogens is 5. The second-order valence-electron chi connectivity index (χ2n) is 5.72. The van der Waals surface area contributed by atoms with Crippen LogP contribution in [-0.2, 0) is 12.6 Å². The number of alkyl halides is 3. The minimum absolute atomic E-state index is 0.0389. The van der Waals surface area contributed by atoms with Crippen LogP contribution in [0.5, 0.6) is 0 Å². The summed E-state index contributed by atoms with van der Waals surface area (Å²) in [6.45, 7) is 1.58. The van der Waals surface area contributed by atoms with Crippen molar-refractivity contribution >= 4 is 23.1 Å². The van der Waals surface area contributed by atoms with Gasteiger partial charge in [-0.05, 0) is 30.6 Å². The molecule has 28 heavy (non-hydrogen) atoms. The molecule has 3 rings (SSSR count). The van der Waals surface area contributed by atoms with E-state index < -0.39 is 29.4 Å². The molecule has 0 atom stereocenters. The summed E-state index contributed by atoms with van der Waals surface area (Å²) in [7, 11) is 0. The van der Waals surface area contributed by atoms with Crippen molar-refractivity contribution in [3.05, 3.63) is 69.7 Å². The van der Waals surface area contributed by atoms with Crippen LogP contribution in [-0.4, -0.2) is 20.2 Å². The van der Waals surface area contributed by atoms with E-state index in [9.17, 15) is 26.7 Å². The normalized spacial score (nSPS) is 11.5. The van der Waals surface area contributed by atoms with Gasteiger partial charge in [0.2, 0.25) is 0 Å². The first-order chi connectivity index (χ1) is 13.1.